The maximum atomic E-state index is 12.1. The number of carbonyl (C=O) groups excluding carboxylic acids is 1. The third-order valence-electron chi connectivity index (χ3n) is 3.96. The summed E-state index contributed by atoms with van der Waals surface area (Å²) in [5, 5.41) is 2.91. The highest BCUT2D eigenvalue weighted by atomic mass is 32.1. The SMILES string of the molecule is CCOC(=O)C(C)(C)c1csc(N(C)C2CCOCC2)n1. The Hall–Kier alpha value is -1.14. The maximum absolute atomic E-state index is 12.1. The Morgan fingerprint density at radius 3 is 2.81 bits per heavy atom. The van der Waals surface area contributed by atoms with Gasteiger partial charge in [-0.05, 0) is 33.6 Å². The van der Waals surface area contributed by atoms with Gasteiger partial charge in [-0.1, -0.05) is 0 Å². The Morgan fingerprint density at radius 2 is 2.19 bits per heavy atom. The van der Waals surface area contributed by atoms with Crippen molar-refractivity contribution >= 4 is 22.4 Å². The van der Waals surface area contributed by atoms with E-state index in [2.05, 4.69) is 16.9 Å². The van der Waals surface area contributed by atoms with Gasteiger partial charge < -0.3 is 14.4 Å². The Balaban J connectivity index is 2.11. The average Bonchev–Trinajstić information content (AvgIpc) is 2.98. The molecule has 0 unspecified atom stereocenters. The van der Waals surface area contributed by atoms with Crippen LogP contribution in [0.5, 0.6) is 0 Å². The van der Waals surface area contributed by atoms with Crippen LogP contribution in [-0.4, -0.2) is 43.9 Å². The zero-order chi connectivity index (χ0) is 15.5. The van der Waals surface area contributed by atoms with Gasteiger partial charge in [-0.25, -0.2) is 4.98 Å². The van der Waals surface area contributed by atoms with Crippen LogP contribution in [0.4, 0.5) is 5.13 Å². The minimum atomic E-state index is -0.707. The standard InChI is InChI=1S/C15H24N2O3S/c1-5-20-13(18)15(2,3)12-10-21-14(16-12)17(4)11-6-8-19-9-7-11/h10-11H,5-9H2,1-4H3. The number of carbonyl (C=O) groups is 1. The lowest BCUT2D eigenvalue weighted by atomic mass is 9.90. The molecule has 1 aliphatic rings. The normalized spacial score (nSPS) is 16.8. The van der Waals surface area contributed by atoms with Crippen LogP contribution >= 0.6 is 11.3 Å². The molecule has 0 aromatic carbocycles. The summed E-state index contributed by atoms with van der Waals surface area (Å²) in [6, 6.07) is 0.462. The topological polar surface area (TPSA) is 51.7 Å². The van der Waals surface area contributed by atoms with Crippen molar-refractivity contribution in [3.05, 3.63) is 11.1 Å². The van der Waals surface area contributed by atoms with Gasteiger partial charge in [0.15, 0.2) is 5.13 Å². The fourth-order valence-electron chi connectivity index (χ4n) is 2.36. The fraction of sp³-hybridized carbons (Fsp3) is 0.733. The summed E-state index contributed by atoms with van der Waals surface area (Å²) >= 11 is 1.58. The molecule has 1 aromatic rings. The molecule has 0 amide bonds. The van der Waals surface area contributed by atoms with E-state index >= 15 is 0 Å². The summed E-state index contributed by atoms with van der Waals surface area (Å²) in [7, 11) is 2.07. The van der Waals surface area contributed by atoms with Gasteiger partial charge in [-0.2, -0.15) is 0 Å². The second-order valence-corrected chi connectivity index (χ2v) is 6.65. The van der Waals surface area contributed by atoms with Crippen LogP contribution < -0.4 is 4.90 Å². The zero-order valence-corrected chi connectivity index (χ0v) is 14.0. The minimum absolute atomic E-state index is 0.226. The van der Waals surface area contributed by atoms with E-state index in [-0.39, 0.29) is 5.97 Å². The second kappa shape index (κ2) is 6.75. The summed E-state index contributed by atoms with van der Waals surface area (Å²) in [6.45, 7) is 7.54. The molecule has 21 heavy (non-hydrogen) atoms. The number of anilines is 1. The highest BCUT2D eigenvalue weighted by molar-refractivity contribution is 7.13. The number of rotatable bonds is 5. The van der Waals surface area contributed by atoms with Crippen LogP contribution in [0.15, 0.2) is 5.38 Å². The van der Waals surface area contributed by atoms with E-state index in [1.807, 2.05) is 26.2 Å². The van der Waals surface area contributed by atoms with E-state index in [0.717, 1.165) is 36.9 Å². The first-order valence-corrected chi connectivity index (χ1v) is 8.28. The van der Waals surface area contributed by atoms with Gasteiger partial charge in [0, 0.05) is 31.7 Å². The van der Waals surface area contributed by atoms with Crippen molar-refractivity contribution in [3.8, 4) is 0 Å². The van der Waals surface area contributed by atoms with Crippen LogP contribution in [0.1, 0.15) is 39.3 Å². The van der Waals surface area contributed by atoms with Crippen molar-refractivity contribution in [3.63, 3.8) is 0 Å². The Labute approximate surface area is 130 Å². The van der Waals surface area contributed by atoms with Crippen molar-refractivity contribution in [2.24, 2.45) is 0 Å². The molecular formula is C15H24N2O3S. The quantitative estimate of drug-likeness (QED) is 0.782. The van der Waals surface area contributed by atoms with Crippen molar-refractivity contribution in [1.29, 1.82) is 0 Å². The van der Waals surface area contributed by atoms with Crippen LogP contribution in [0, 0.1) is 0 Å². The number of nitrogens with zero attached hydrogens (tertiary/aromatic N) is 2. The molecule has 1 saturated heterocycles. The van der Waals surface area contributed by atoms with Crippen molar-refractivity contribution in [2.75, 3.05) is 31.8 Å². The molecule has 0 spiro atoms. The number of esters is 1. The van der Waals surface area contributed by atoms with Gasteiger partial charge in [0.1, 0.15) is 5.41 Å². The van der Waals surface area contributed by atoms with Crippen LogP contribution in [0.3, 0.4) is 0 Å². The smallest absolute Gasteiger partial charge is 0.317 e. The van der Waals surface area contributed by atoms with E-state index < -0.39 is 5.41 Å². The summed E-state index contributed by atoms with van der Waals surface area (Å²) in [6.07, 6.45) is 2.04. The first kappa shape index (κ1) is 16.2. The molecule has 0 bridgehead atoms. The lowest BCUT2D eigenvalue weighted by Gasteiger charge is -2.31. The molecule has 1 aliphatic heterocycles. The number of hydrogen-bond donors (Lipinski definition) is 0. The molecule has 5 nitrogen and oxygen atoms in total. The molecule has 6 heteroatoms. The van der Waals surface area contributed by atoms with Crippen LogP contribution in [0.2, 0.25) is 0 Å². The Kier molecular flexibility index (Phi) is 5.22. The molecule has 0 radical (unpaired) electrons. The first-order valence-electron chi connectivity index (χ1n) is 7.40. The van der Waals surface area contributed by atoms with Crippen LogP contribution in [0.25, 0.3) is 0 Å². The number of aromatic nitrogens is 1. The molecule has 0 saturated carbocycles. The van der Waals surface area contributed by atoms with Gasteiger partial charge in [-0.3, -0.25) is 4.79 Å². The molecular weight excluding hydrogens is 288 g/mol. The Morgan fingerprint density at radius 1 is 1.52 bits per heavy atom. The molecule has 0 N–H and O–H groups in total. The van der Waals surface area contributed by atoms with Gasteiger partial charge in [-0.15, -0.1) is 11.3 Å². The lowest BCUT2D eigenvalue weighted by molar-refractivity contribution is -0.148. The summed E-state index contributed by atoms with van der Waals surface area (Å²) in [5.41, 5.74) is 0.0706. The van der Waals surface area contributed by atoms with Crippen molar-refractivity contribution in [1.82, 2.24) is 4.98 Å². The third-order valence-corrected chi connectivity index (χ3v) is 4.89. The third kappa shape index (κ3) is 3.55. The highest BCUT2D eigenvalue weighted by Gasteiger charge is 2.34. The summed E-state index contributed by atoms with van der Waals surface area (Å²) in [4.78, 5) is 18.9. The first-order chi connectivity index (χ1) is 9.96. The molecule has 2 rings (SSSR count). The number of thiazole rings is 1. The highest BCUT2D eigenvalue weighted by Crippen LogP contribution is 2.31. The lowest BCUT2D eigenvalue weighted by Crippen LogP contribution is -2.37. The predicted molar refractivity (Wildman–Crippen MR) is 84.0 cm³/mol. The van der Waals surface area contributed by atoms with E-state index in [9.17, 15) is 4.79 Å². The van der Waals surface area contributed by atoms with E-state index in [1.54, 1.807) is 11.3 Å². The van der Waals surface area contributed by atoms with E-state index in [0.29, 0.717) is 12.6 Å². The van der Waals surface area contributed by atoms with Gasteiger partial charge >= 0.3 is 5.97 Å². The Bertz CT molecular complexity index is 481. The molecule has 0 atom stereocenters. The summed E-state index contributed by atoms with van der Waals surface area (Å²) in [5.74, 6) is -0.226. The fourth-order valence-corrected chi connectivity index (χ4v) is 3.39. The molecule has 0 aliphatic carbocycles. The average molecular weight is 312 g/mol. The van der Waals surface area contributed by atoms with Gasteiger partial charge in [0.25, 0.3) is 0 Å². The van der Waals surface area contributed by atoms with Crippen molar-refractivity contribution in [2.45, 2.75) is 45.1 Å². The van der Waals surface area contributed by atoms with Gasteiger partial charge in [0.2, 0.25) is 0 Å². The van der Waals surface area contributed by atoms with Crippen LogP contribution in [-0.2, 0) is 19.7 Å². The molecule has 2 heterocycles. The number of ether oxygens (including phenoxy) is 2. The predicted octanol–water partition coefficient (Wildman–Crippen LogP) is 2.60. The van der Waals surface area contributed by atoms with E-state index in [4.69, 9.17) is 9.47 Å². The molecule has 118 valence electrons. The minimum Gasteiger partial charge on any atom is -0.465 e. The van der Waals surface area contributed by atoms with Gasteiger partial charge in [0.05, 0.1) is 12.3 Å². The molecule has 1 aromatic heterocycles. The summed E-state index contributed by atoms with van der Waals surface area (Å²) < 4.78 is 10.5. The van der Waals surface area contributed by atoms with Crippen molar-refractivity contribution < 1.29 is 14.3 Å². The molecule has 1 fully saturated rings. The second-order valence-electron chi connectivity index (χ2n) is 5.82. The van der Waals surface area contributed by atoms with E-state index in [1.165, 1.54) is 0 Å². The number of hydrogen-bond acceptors (Lipinski definition) is 6. The monoisotopic (exact) mass is 312 g/mol. The zero-order valence-electron chi connectivity index (χ0n) is 13.2. The largest absolute Gasteiger partial charge is 0.465 e. The maximum Gasteiger partial charge on any atom is 0.317 e.